The fourth-order valence-electron chi connectivity index (χ4n) is 2.39. The van der Waals surface area contributed by atoms with Crippen molar-refractivity contribution in [1.29, 1.82) is 0 Å². The highest BCUT2D eigenvalue weighted by atomic mass is 16.5. The average molecular weight is 251 g/mol. The van der Waals surface area contributed by atoms with Crippen LogP contribution in [0.5, 0.6) is 0 Å². The van der Waals surface area contributed by atoms with E-state index in [0.717, 1.165) is 31.6 Å². The summed E-state index contributed by atoms with van der Waals surface area (Å²) in [6.07, 6.45) is 2.06. The lowest BCUT2D eigenvalue weighted by Crippen LogP contribution is -2.33. The van der Waals surface area contributed by atoms with Gasteiger partial charge in [0, 0.05) is 0 Å². The lowest BCUT2D eigenvalue weighted by atomic mass is 10.1. The fraction of sp³-hybridized carbons (Fsp3) is 0.692. The normalized spacial score (nSPS) is 17.9. The van der Waals surface area contributed by atoms with Gasteiger partial charge in [-0.05, 0) is 52.9 Å². The highest BCUT2D eigenvalue weighted by molar-refractivity contribution is 5.87. The predicted octanol–water partition coefficient (Wildman–Crippen LogP) is 1.63. The minimum absolute atomic E-state index is 0.267. The molecule has 1 aliphatic heterocycles. The molecule has 1 aliphatic rings. The van der Waals surface area contributed by atoms with Crippen molar-refractivity contribution in [3.63, 3.8) is 0 Å². The van der Waals surface area contributed by atoms with Gasteiger partial charge in [0.05, 0.1) is 18.3 Å². The molecule has 0 spiro atoms. The second-order valence-electron chi connectivity index (χ2n) is 4.87. The third-order valence-electron chi connectivity index (χ3n) is 3.38. The standard InChI is InChI=1S/C13H21N3O2/c1-4-18-13(17)12-9-10(2)14-16(12)11-5-7-15(3)8-6-11/h9,11H,4-8H2,1-3H3. The Morgan fingerprint density at radius 1 is 1.50 bits per heavy atom. The Kier molecular flexibility index (Phi) is 4.01. The zero-order chi connectivity index (χ0) is 13.1. The zero-order valence-corrected chi connectivity index (χ0v) is 11.3. The molecule has 1 aromatic rings. The van der Waals surface area contributed by atoms with Crippen LogP contribution in [0.3, 0.4) is 0 Å². The maximum absolute atomic E-state index is 11.9. The van der Waals surface area contributed by atoms with E-state index in [9.17, 15) is 4.79 Å². The van der Waals surface area contributed by atoms with Gasteiger partial charge in [-0.2, -0.15) is 5.10 Å². The minimum atomic E-state index is -0.267. The summed E-state index contributed by atoms with van der Waals surface area (Å²) in [5.74, 6) is -0.267. The van der Waals surface area contributed by atoms with Crippen molar-refractivity contribution in [1.82, 2.24) is 14.7 Å². The molecule has 0 saturated carbocycles. The molecule has 0 bridgehead atoms. The van der Waals surface area contributed by atoms with Gasteiger partial charge < -0.3 is 9.64 Å². The van der Waals surface area contributed by atoms with Gasteiger partial charge in [-0.25, -0.2) is 4.79 Å². The van der Waals surface area contributed by atoms with Crippen LogP contribution in [0.25, 0.3) is 0 Å². The van der Waals surface area contributed by atoms with Gasteiger partial charge in [-0.1, -0.05) is 0 Å². The monoisotopic (exact) mass is 251 g/mol. The molecule has 5 nitrogen and oxygen atoms in total. The van der Waals surface area contributed by atoms with E-state index < -0.39 is 0 Å². The topological polar surface area (TPSA) is 47.4 Å². The van der Waals surface area contributed by atoms with Crippen molar-refractivity contribution in [2.24, 2.45) is 0 Å². The molecule has 1 aromatic heterocycles. The molecule has 5 heteroatoms. The number of carbonyl (C=O) groups excluding carboxylic acids is 1. The lowest BCUT2D eigenvalue weighted by molar-refractivity contribution is 0.0505. The molecule has 0 N–H and O–H groups in total. The lowest BCUT2D eigenvalue weighted by Gasteiger charge is -2.29. The molecule has 0 atom stereocenters. The number of piperidine rings is 1. The first kappa shape index (κ1) is 13.1. The molecule has 1 fully saturated rings. The maximum Gasteiger partial charge on any atom is 0.356 e. The summed E-state index contributed by atoms with van der Waals surface area (Å²) >= 11 is 0. The summed E-state index contributed by atoms with van der Waals surface area (Å²) in [4.78, 5) is 14.2. The van der Waals surface area contributed by atoms with Gasteiger partial charge in [-0.3, -0.25) is 4.68 Å². The molecule has 0 aromatic carbocycles. The quantitative estimate of drug-likeness (QED) is 0.766. The van der Waals surface area contributed by atoms with Crippen molar-refractivity contribution in [2.75, 3.05) is 26.7 Å². The Bertz CT molecular complexity index is 420. The van der Waals surface area contributed by atoms with Crippen molar-refractivity contribution < 1.29 is 9.53 Å². The maximum atomic E-state index is 11.9. The highest BCUT2D eigenvalue weighted by Gasteiger charge is 2.24. The van der Waals surface area contributed by atoms with Gasteiger partial charge in [0.25, 0.3) is 0 Å². The number of hydrogen-bond acceptors (Lipinski definition) is 4. The summed E-state index contributed by atoms with van der Waals surface area (Å²) in [5.41, 5.74) is 1.46. The number of aryl methyl sites for hydroxylation is 1. The van der Waals surface area contributed by atoms with E-state index >= 15 is 0 Å². The highest BCUT2D eigenvalue weighted by Crippen LogP contribution is 2.23. The largest absolute Gasteiger partial charge is 0.461 e. The van der Waals surface area contributed by atoms with E-state index in [1.807, 2.05) is 24.6 Å². The summed E-state index contributed by atoms with van der Waals surface area (Å²) in [6, 6.07) is 2.13. The molecular formula is C13H21N3O2. The first-order valence-electron chi connectivity index (χ1n) is 6.53. The predicted molar refractivity (Wildman–Crippen MR) is 68.7 cm³/mol. The van der Waals surface area contributed by atoms with Crippen LogP contribution in [0.2, 0.25) is 0 Å². The molecular weight excluding hydrogens is 230 g/mol. The number of hydrogen-bond donors (Lipinski definition) is 0. The van der Waals surface area contributed by atoms with Crippen molar-refractivity contribution in [3.8, 4) is 0 Å². The van der Waals surface area contributed by atoms with E-state index in [1.54, 1.807) is 0 Å². The molecule has 0 aliphatic carbocycles. The Morgan fingerprint density at radius 3 is 2.78 bits per heavy atom. The van der Waals surface area contributed by atoms with Gasteiger partial charge in [0.1, 0.15) is 5.69 Å². The number of likely N-dealkylation sites (tertiary alicyclic amines) is 1. The van der Waals surface area contributed by atoms with Gasteiger partial charge in [0.2, 0.25) is 0 Å². The smallest absolute Gasteiger partial charge is 0.356 e. The Balaban J connectivity index is 2.19. The third kappa shape index (κ3) is 2.72. The Hall–Kier alpha value is -1.36. The summed E-state index contributed by atoms with van der Waals surface area (Å²) in [7, 11) is 2.12. The fourth-order valence-corrected chi connectivity index (χ4v) is 2.39. The van der Waals surface area contributed by atoms with Crippen LogP contribution in [-0.2, 0) is 4.74 Å². The van der Waals surface area contributed by atoms with E-state index in [0.29, 0.717) is 18.3 Å². The minimum Gasteiger partial charge on any atom is -0.461 e. The van der Waals surface area contributed by atoms with E-state index in [2.05, 4.69) is 17.0 Å². The van der Waals surface area contributed by atoms with Crippen molar-refractivity contribution in [3.05, 3.63) is 17.5 Å². The third-order valence-corrected chi connectivity index (χ3v) is 3.38. The first-order valence-corrected chi connectivity index (χ1v) is 6.53. The first-order chi connectivity index (χ1) is 8.61. The number of nitrogens with zero attached hydrogens (tertiary/aromatic N) is 3. The number of carbonyl (C=O) groups is 1. The summed E-state index contributed by atoms with van der Waals surface area (Å²) in [5, 5.41) is 4.46. The van der Waals surface area contributed by atoms with Crippen LogP contribution in [0.4, 0.5) is 0 Å². The molecule has 0 unspecified atom stereocenters. The van der Waals surface area contributed by atoms with Gasteiger partial charge in [-0.15, -0.1) is 0 Å². The second kappa shape index (κ2) is 5.52. The van der Waals surface area contributed by atoms with Crippen LogP contribution < -0.4 is 0 Å². The van der Waals surface area contributed by atoms with Gasteiger partial charge in [0.15, 0.2) is 0 Å². The zero-order valence-electron chi connectivity index (χ0n) is 11.3. The second-order valence-corrected chi connectivity index (χ2v) is 4.87. The summed E-state index contributed by atoms with van der Waals surface area (Å²) in [6.45, 7) is 6.23. The number of ether oxygens (including phenoxy) is 1. The van der Waals surface area contributed by atoms with E-state index in [4.69, 9.17) is 4.74 Å². The van der Waals surface area contributed by atoms with Crippen LogP contribution in [0.15, 0.2) is 6.07 Å². The summed E-state index contributed by atoms with van der Waals surface area (Å²) < 4.78 is 6.95. The van der Waals surface area contributed by atoms with E-state index in [-0.39, 0.29) is 5.97 Å². The Labute approximate surface area is 108 Å². The molecule has 100 valence electrons. The van der Waals surface area contributed by atoms with Crippen LogP contribution in [-0.4, -0.2) is 47.4 Å². The molecule has 2 heterocycles. The van der Waals surface area contributed by atoms with Crippen molar-refractivity contribution in [2.45, 2.75) is 32.7 Å². The number of esters is 1. The van der Waals surface area contributed by atoms with Gasteiger partial charge >= 0.3 is 5.97 Å². The SMILES string of the molecule is CCOC(=O)c1cc(C)nn1C1CCN(C)CC1. The molecule has 1 saturated heterocycles. The average Bonchev–Trinajstić information content (AvgIpc) is 2.73. The number of rotatable bonds is 3. The molecule has 2 rings (SSSR count). The Morgan fingerprint density at radius 2 is 2.17 bits per heavy atom. The van der Waals surface area contributed by atoms with E-state index in [1.165, 1.54) is 0 Å². The van der Waals surface area contributed by atoms with Crippen LogP contribution in [0.1, 0.15) is 42.0 Å². The van der Waals surface area contributed by atoms with Crippen LogP contribution in [0, 0.1) is 6.92 Å². The van der Waals surface area contributed by atoms with Crippen molar-refractivity contribution >= 4 is 5.97 Å². The molecule has 0 radical (unpaired) electrons. The molecule has 18 heavy (non-hydrogen) atoms. The number of aromatic nitrogens is 2. The molecule has 0 amide bonds. The van der Waals surface area contributed by atoms with Crippen LogP contribution >= 0.6 is 0 Å².